The highest BCUT2D eigenvalue weighted by Crippen LogP contribution is 2.08. The van der Waals surface area contributed by atoms with E-state index in [0.717, 1.165) is 11.4 Å². The fraction of sp³-hybridized carbons (Fsp3) is 0.500. The fourth-order valence-electron chi connectivity index (χ4n) is 0.717. The molecular formula is C8H12N2. The van der Waals surface area contributed by atoms with E-state index in [0.29, 0.717) is 5.92 Å². The van der Waals surface area contributed by atoms with Crippen LogP contribution >= 0.6 is 0 Å². The zero-order valence-corrected chi connectivity index (χ0v) is 6.63. The van der Waals surface area contributed by atoms with Crippen LogP contribution in [0.25, 0.3) is 0 Å². The number of aryl methyl sites for hydroxylation is 1. The average Bonchev–Trinajstić information content (AvgIpc) is 1.88. The van der Waals surface area contributed by atoms with Crippen molar-refractivity contribution in [1.82, 2.24) is 10.2 Å². The lowest BCUT2D eigenvalue weighted by atomic mass is 10.1. The molecule has 0 aliphatic carbocycles. The molecule has 0 spiro atoms. The minimum Gasteiger partial charge on any atom is -0.156 e. The molecule has 0 bridgehead atoms. The molecule has 1 rings (SSSR count). The van der Waals surface area contributed by atoms with Gasteiger partial charge in [-0.2, -0.15) is 10.2 Å². The Morgan fingerprint density at radius 1 is 1.20 bits per heavy atom. The quantitative estimate of drug-likeness (QED) is 0.589. The normalized spacial score (nSPS) is 10.4. The van der Waals surface area contributed by atoms with Gasteiger partial charge >= 0.3 is 0 Å². The largest absolute Gasteiger partial charge is 0.156 e. The monoisotopic (exact) mass is 136 g/mol. The van der Waals surface area contributed by atoms with Crippen molar-refractivity contribution >= 4 is 0 Å². The zero-order chi connectivity index (χ0) is 7.56. The zero-order valence-electron chi connectivity index (χ0n) is 6.63. The van der Waals surface area contributed by atoms with Crippen LogP contribution in [0, 0.1) is 6.92 Å². The van der Waals surface area contributed by atoms with E-state index in [-0.39, 0.29) is 0 Å². The second-order valence-corrected chi connectivity index (χ2v) is 2.75. The Kier molecular flexibility index (Phi) is 2.00. The van der Waals surface area contributed by atoms with Gasteiger partial charge in [-0.05, 0) is 25.0 Å². The molecule has 10 heavy (non-hydrogen) atoms. The number of hydrogen-bond acceptors (Lipinski definition) is 2. The highest BCUT2D eigenvalue weighted by atomic mass is 15.1. The molecule has 2 heteroatoms. The van der Waals surface area contributed by atoms with Gasteiger partial charge in [0.1, 0.15) is 0 Å². The van der Waals surface area contributed by atoms with E-state index < -0.39 is 0 Å². The van der Waals surface area contributed by atoms with Crippen LogP contribution in [0.2, 0.25) is 0 Å². The van der Waals surface area contributed by atoms with Crippen molar-refractivity contribution in [1.29, 1.82) is 0 Å². The molecule has 0 amide bonds. The summed E-state index contributed by atoms with van der Waals surface area (Å²) >= 11 is 0. The van der Waals surface area contributed by atoms with Crippen LogP contribution in [0.15, 0.2) is 12.1 Å². The second-order valence-electron chi connectivity index (χ2n) is 2.75. The van der Waals surface area contributed by atoms with Crippen LogP contribution in [0.4, 0.5) is 0 Å². The lowest BCUT2D eigenvalue weighted by Gasteiger charge is -2.00. The van der Waals surface area contributed by atoms with Crippen molar-refractivity contribution in [3.63, 3.8) is 0 Å². The second kappa shape index (κ2) is 2.78. The first kappa shape index (κ1) is 7.19. The highest BCUT2D eigenvalue weighted by Gasteiger charge is 1.98. The third-order valence-electron chi connectivity index (χ3n) is 1.41. The molecule has 0 unspecified atom stereocenters. The molecule has 0 saturated heterocycles. The van der Waals surface area contributed by atoms with E-state index in [9.17, 15) is 0 Å². The van der Waals surface area contributed by atoms with Gasteiger partial charge in [0.25, 0.3) is 0 Å². The molecule has 0 saturated carbocycles. The maximum Gasteiger partial charge on any atom is 0.0656 e. The Bertz CT molecular complexity index is 201. The van der Waals surface area contributed by atoms with Crippen molar-refractivity contribution in [2.24, 2.45) is 0 Å². The molecule has 1 aromatic rings. The first-order valence-corrected chi connectivity index (χ1v) is 3.50. The van der Waals surface area contributed by atoms with Gasteiger partial charge in [0, 0.05) is 0 Å². The van der Waals surface area contributed by atoms with E-state index >= 15 is 0 Å². The summed E-state index contributed by atoms with van der Waals surface area (Å²) in [6, 6.07) is 4.01. The van der Waals surface area contributed by atoms with E-state index in [1.807, 2.05) is 19.1 Å². The summed E-state index contributed by atoms with van der Waals surface area (Å²) in [5.41, 5.74) is 2.04. The van der Waals surface area contributed by atoms with Crippen molar-refractivity contribution < 1.29 is 0 Å². The lowest BCUT2D eigenvalue weighted by molar-refractivity contribution is 0.777. The van der Waals surface area contributed by atoms with E-state index in [2.05, 4.69) is 24.0 Å². The fourth-order valence-corrected chi connectivity index (χ4v) is 0.717. The minimum absolute atomic E-state index is 0.480. The summed E-state index contributed by atoms with van der Waals surface area (Å²) in [5.74, 6) is 0.480. The van der Waals surface area contributed by atoms with Gasteiger partial charge in [0.2, 0.25) is 0 Å². The van der Waals surface area contributed by atoms with E-state index in [1.54, 1.807) is 0 Å². The van der Waals surface area contributed by atoms with Gasteiger partial charge in [-0.3, -0.25) is 0 Å². The summed E-state index contributed by atoms with van der Waals surface area (Å²) in [4.78, 5) is 0. The van der Waals surface area contributed by atoms with Crippen LogP contribution in [0.5, 0.6) is 0 Å². The van der Waals surface area contributed by atoms with E-state index in [1.165, 1.54) is 0 Å². The standard InChI is InChI=1S/C8H12N2/c1-6(2)8-5-4-7(3)9-10-8/h4-6H,1-3H3. The molecule has 1 aromatic heterocycles. The first-order chi connectivity index (χ1) is 4.70. The average molecular weight is 136 g/mol. The van der Waals surface area contributed by atoms with Gasteiger partial charge in [-0.15, -0.1) is 0 Å². The molecule has 0 N–H and O–H groups in total. The van der Waals surface area contributed by atoms with Crippen LogP contribution in [0.1, 0.15) is 31.2 Å². The van der Waals surface area contributed by atoms with Crippen molar-refractivity contribution in [2.75, 3.05) is 0 Å². The third-order valence-corrected chi connectivity index (χ3v) is 1.41. The molecule has 1 heterocycles. The predicted octanol–water partition coefficient (Wildman–Crippen LogP) is 1.91. The Morgan fingerprint density at radius 3 is 2.30 bits per heavy atom. The van der Waals surface area contributed by atoms with Crippen molar-refractivity contribution in [2.45, 2.75) is 26.7 Å². The van der Waals surface area contributed by atoms with E-state index in [4.69, 9.17) is 0 Å². The smallest absolute Gasteiger partial charge is 0.0656 e. The maximum atomic E-state index is 4.03. The number of aromatic nitrogens is 2. The van der Waals surface area contributed by atoms with Gasteiger partial charge in [-0.1, -0.05) is 13.8 Å². The SMILES string of the molecule is Cc1ccc(C(C)C)nn1. The summed E-state index contributed by atoms with van der Waals surface area (Å²) in [6.07, 6.45) is 0. The summed E-state index contributed by atoms with van der Waals surface area (Å²) < 4.78 is 0. The van der Waals surface area contributed by atoms with Crippen LogP contribution < -0.4 is 0 Å². The molecule has 0 aromatic carbocycles. The molecular weight excluding hydrogens is 124 g/mol. The number of hydrogen-bond donors (Lipinski definition) is 0. The maximum absolute atomic E-state index is 4.03. The Labute approximate surface area is 61.3 Å². The Hall–Kier alpha value is -0.920. The molecule has 54 valence electrons. The van der Waals surface area contributed by atoms with Gasteiger partial charge in [0.05, 0.1) is 11.4 Å². The number of nitrogens with zero attached hydrogens (tertiary/aromatic N) is 2. The summed E-state index contributed by atoms with van der Waals surface area (Å²) in [7, 11) is 0. The lowest BCUT2D eigenvalue weighted by Crippen LogP contribution is -1.95. The third kappa shape index (κ3) is 1.53. The van der Waals surface area contributed by atoms with Crippen LogP contribution in [-0.4, -0.2) is 10.2 Å². The number of rotatable bonds is 1. The van der Waals surface area contributed by atoms with Gasteiger partial charge < -0.3 is 0 Å². The van der Waals surface area contributed by atoms with Gasteiger partial charge in [0.15, 0.2) is 0 Å². The van der Waals surface area contributed by atoms with Crippen LogP contribution in [0.3, 0.4) is 0 Å². The summed E-state index contributed by atoms with van der Waals surface area (Å²) in [6.45, 7) is 6.16. The molecule has 0 aliphatic rings. The summed E-state index contributed by atoms with van der Waals surface area (Å²) in [5, 5.41) is 7.98. The predicted molar refractivity (Wildman–Crippen MR) is 40.9 cm³/mol. The van der Waals surface area contributed by atoms with Crippen LogP contribution in [-0.2, 0) is 0 Å². The Morgan fingerprint density at radius 2 is 1.90 bits per heavy atom. The van der Waals surface area contributed by atoms with Crippen molar-refractivity contribution in [3.8, 4) is 0 Å². The molecule has 0 atom stereocenters. The molecule has 2 nitrogen and oxygen atoms in total. The Balaban J connectivity index is 2.89. The molecule has 0 radical (unpaired) electrons. The van der Waals surface area contributed by atoms with Gasteiger partial charge in [-0.25, -0.2) is 0 Å². The molecule has 0 fully saturated rings. The first-order valence-electron chi connectivity index (χ1n) is 3.50. The minimum atomic E-state index is 0.480. The van der Waals surface area contributed by atoms with Crippen molar-refractivity contribution in [3.05, 3.63) is 23.5 Å². The topological polar surface area (TPSA) is 25.8 Å². The highest BCUT2D eigenvalue weighted by molar-refractivity contribution is 5.08. The molecule has 0 aliphatic heterocycles.